The summed E-state index contributed by atoms with van der Waals surface area (Å²) in [6.07, 6.45) is 8.53. The molecule has 0 saturated heterocycles. The summed E-state index contributed by atoms with van der Waals surface area (Å²) in [6, 6.07) is 0. The van der Waals surface area contributed by atoms with Crippen LogP contribution in [0.4, 0.5) is 0 Å². The minimum absolute atomic E-state index is 0.351. The lowest BCUT2D eigenvalue weighted by Gasteiger charge is -2.26. The first-order chi connectivity index (χ1) is 7.25. The van der Waals surface area contributed by atoms with Gasteiger partial charge in [0, 0.05) is 6.20 Å². The van der Waals surface area contributed by atoms with Crippen LogP contribution in [-0.2, 0) is 0 Å². The zero-order chi connectivity index (χ0) is 10.7. The molecule has 15 heavy (non-hydrogen) atoms. The second kappa shape index (κ2) is 5.09. The molecule has 1 aliphatic carbocycles. The molecule has 0 radical (unpaired) electrons. The molecule has 0 unspecified atom stereocenters. The summed E-state index contributed by atoms with van der Waals surface area (Å²) in [6.45, 7) is 2.31. The van der Waals surface area contributed by atoms with Crippen LogP contribution >= 0.6 is 22.6 Å². The molecule has 0 spiro atoms. The zero-order valence-electron chi connectivity index (χ0n) is 8.82. The fourth-order valence-corrected chi connectivity index (χ4v) is 2.32. The van der Waals surface area contributed by atoms with Crippen LogP contribution in [0.5, 0.6) is 5.88 Å². The summed E-state index contributed by atoms with van der Waals surface area (Å²) >= 11 is 2.21. The Morgan fingerprint density at radius 2 is 2.07 bits per heavy atom. The fraction of sp³-hybridized carbons (Fsp3) is 0.636. The van der Waals surface area contributed by atoms with Crippen molar-refractivity contribution in [1.29, 1.82) is 0 Å². The molecule has 2 rings (SSSR count). The summed E-state index contributed by atoms with van der Waals surface area (Å²) in [5.74, 6) is 1.60. The van der Waals surface area contributed by atoms with E-state index in [4.69, 9.17) is 4.74 Å². The molecule has 0 aromatic carbocycles. The smallest absolute Gasteiger partial charge is 0.230 e. The van der Waals surface area contributed by atoms with E-state index in [1.54, 1.807) is 12.5 Å². The van der Waals surface area contributed by atoms with Crippen LogP contribution in [0.1, 0.15) is 32.6 Å². The maximum Gasteiger partial charge on any atom is 0.230 e. The Morgan fingerprint density at radius 1 is 1.33 bits per heavy atom. The van der Waals surface area contributed by atoms with Gasteiger partial charge in [-0.25, -0.2) is 9.97 Å². The third-order valence-corrected chi connectivity index (χ3v) is 3.61. The standard InChI is InChI=1S/C11H15IN2O/c1-8-2-4-9(5-3-8)15-11-10(12)6-13-7-14-11/h6-9H,2-5H2,1H3. The number of halogens is 1. The van der Waals surface area contributed by atoms with E-state index in [9.17, 15) is 0 Å². The van der Waals surface area contributed by atoms with Crippen LogP contribution in [0, 0.1) is 9.49 Å². The quantitative estimate of drug-likeness (QED) is 0.786. The molecule has 0 N–H and O–H groups in total. The number of ether oxygens (including phenoxy) is 1. The maximum atomic E-state index is 5.88. The molecule has 1 aromatic heterocycles. The largest absolute Gasteiger partial charge is 0.474 e. The van der Waals surface area contributed by atoms with Crippen LogP contribution < -0.4 is 4.74 Å². The lowest BCUT2D eigenvalue weighted by Crippen LogP contribution is -2.23. The van der Waals surface area contributed by atoms with Crippen LogP contribution in [-0.4, -0.2) is 16.1 Å². The van der Waals surface area contributed by atoms with Crippen LogP contribution in [0.25, 0.3) is 0 Å². The van der Waals surface area contributed by atoms with Gasteiger partial charge in [0.25, 0.3) is 0 Å². The van der Waals surface area contributed by atoms with Crippen molar-refractivity contribution < 1.29 is 4.74 Å². The van der Waals surface area contributed by atoms with Crippen LogP contribution in [0.3, 0.4) is 0 Å². The first-order valence-corrected chi connectivity index (χ1v) is 6.45. The number of nitrogens with zero attached hydrogens (tertiary/aromatic N) is 2. The van der Waals surface area contributed by atoms with Crippen molar-refractivity contribution in [2.24, 2.45) is 5.92 Å². The molecule has 4 heteroatoms. The lowest BCUT2D eigenvalue weighted by atomic mass is 9.89. The molecule has 0 bridgehead atoms. The monoisotopic (exact) mass is 318 g/mol. The van der Waals surface area contributed by atoms with Crippen molar-refractivity contribution in [2.45, 2.75) is 38.7 Å². The fourth-order valence-electron chi connectivity index (χ4n) is 1.89. The van der Waals surface area contributed by atoms with Crippen molar-refractivity contribution >= 4 is 22.6 Å². The molecule has 1 fully saturated rings. The minimum Gasteiger partial charge on any atom is -0.474 e. The SMILES string of the molecule is CC1CCC(Oc2ncncc2I)CC1. The van der Waals surface area contributed by atoms with Crippen molar-refractivity contribution in [3.8, 4) is 5.88 Å². The van der Waals surface area contributed by atoms with Gasteiger partial charge in [-0.3, -0.25) is 0 Å². The van der Waals surface area contributed by atoms with E-state index in [-0.39, 0.29) is 0 Å². The van der Waals surface area contributed by atoms with E-state index in [0.29, 0.717) is 6.10 Å². The lowest BCUT2D eigenvalue weighted by molar-refractivity contribution is 0.129. The highest BCUT2D eigenvalue weighted by atomic mass is 127. The van der Waals surface area contributed by atoms with E-state index in [0.717, 1.165) is 28.2 Å². The van der Waals surface area contributed by atoms with E-state index >= 15 is 0 Å². The van der Waals surface area contributed by atoms with Crippen molar-refractivity contribution in [1.82, 2.24) is 9.97 Å². The summed E-state index contributed by atoms with van der Waals surface area (Å²) in [5.41, 5.74) is 0. The third kappa shape index (κ3) is 3.03. The Morgan fingerprint density at radius 3 is 2.73 bits per heavy atom. The van der Waals surface area contributed by atoms with E-state index in [2.05, 4.69) is 39.5 Å². The Bertz CT molecular complexity index is 324. The summed E-state index contributed by atoms with van der Waals surface area (Å²) in [4.78, 5) is 8.10. The highest BCUT2D eigenvalue weighted by molar-refractivity contribution is 14.1. The van der Waals surface area contributed by atoms with E-state index < -0.39 is 0 Å². The minimum atomic E-state index is 0.351. The number of aromatic nitrogens is 2. The van der Waals surface area contributed by atoms with Gasteiger partial charge in [0.1, 0.15) is 12.4 Å². The first-order valence-electron chi connectivity index (χ1n) is 5.38. The second-order valence-electron chi connectivity index (χ2n) is 4.18. The normalized spacial score (nSPS) is 26.3. The third-order valence-electron chi connectivity index (χ3n) is 2.88. The van der Waals surface area contributed by atoms with E-state index in [1.807, 2.05) is 0 Å². The average molecular weight is 318 g/mol. The van der Waals surface area contributed by atoms with Gasteiger partial charge in [0.15, 0.2) is 0 Å². The van der Waals surface area contributed by atoms with Crippen LogP contribution in [0.15, 0.2) is 12.5 Å². The zero-order valence-corrected chi connectivity index (χ0v) is 11.0. The molecule has 1 aromatic rings. The topological polar surface area (TPSA) is 35.0 Å². The van der Waals surface area contributed by atoms with Crippen LogP contribution in [0.2, 0.25) is 0 Å². The number of rotatable bonds is 2. The predicted molar refractivity (Wildman–Crippen MR) is 66.8 cm³/mol. The van der Waals surface area contributed by atoms with Crippen molar-refractivity contribution in [3.05, 3.63) is 16.1 Å². The number of hydrogen-bond acceptors (Lipinski definition) is 3. The van der Waals surface area contributed by atoms with Gasteiger partial charge in [-0.2, -0.15) is 0 Å². The molecular formula is C11H15IN2O. The molecule has 0 aliphatic heterocycles. The molecule has 3 nitrogen and oxygen atoms in total. The predicted octanol–water partition coefficient (Wildman–Crippen LogP) is 3.04. The molecular weight excluding hydrogens is 303 g/mol. The van der Waals surface area contributed by atoms with Gasteiger partial charge in [0.2, 0.25) is 5.88 Å². The van der Waals surface area contributed by atoms with Gasteiger partial charge < -0.3 is 4.74 Å². The molecule has 1 heterocycles. The molecule has 1 aliphatic rings. The first kappa shape index (κ1) is 11.1. The summed E-state index contributed by atoms with van der Waals surface area (Å²) in [7, 11) is 0. The highest BCUT2D eigenvalue weighted by Gasteiger charge is 2.20. The average Bonchev–Trinajstić information content (AvgIpc) is 2.25. The Labute approximate surface area is 104 Å². The molecule has 1 saturated carbocycles. The summed E-state index contributed by atoms with van der Waals surface area (Å²) in [5, 5.41) is 0. The molecule has 0 amide bonds. The van der Waals surface area contributed by atoms with Crippen molar-refractivity contribution in [3.63, 3.8) is 0 Å². The highest BCUT2D eigenvalue weighted by Crippen LogP contribution is 2.27. The van der Waals surface area contributed by atoms with Gasteiger partial charge in [-0.1, -0.05) is 6.92 Å². The van der Waals surface area contributed by atoms with Gasteiger partial charge in [-0.15, -0.1) is 0 Å². The van der Waals surface area contributed by atoms with Gasteiger partial charge in [0.05, 0.1) is 3.57 Å². The maximum absolute atomic E-state index is 5.88. The Kier molecular flexibility index (Phi) is 3.77. The Balaban J connectivity index is 1.95. The molecule has 0 atom stereocenters. The Hall–Kier alpha value is -0.390. The van der Waals surface area contributed by atoms with Gasteiger partial charge in [-0.05, 0) is 54.2 Å². The van der Waals surface area contributed by atoms with Crippen molar-refractivity contribution in [2.75, 3.05) is 0 Å². The second-order valence-corrected chi connectivity index (χ2v) is 5.34. The number of hydrogen-bond donors (Lipinski definition) is 0. The molecule has 82 valence electrons. The van der Waals surface area contributed by atoms with E-state index in [1.165, 1.54) is 12.8 Å². The summed E-state index contributed by atoms with van der Waals surface area (Å²) < 4.78 is 6.87. The van der Waals surface area contributed by atoms with Gasteiger partial charge >= 0.3 is 0 Å².